The average molecular weight is 288 g/mol. The Morgan fingerprint density at radius 1 is 1.37 bits per heavy atom. The van der Waals surface area contributed by atoms with E-state index in [0.717, 1.165) is 16.9 Å². The molecule has 6 heteroatoms. The second-order valence-electron chi connectivity index (χ2n) is 4.32. The maximum atomic E-state index is 11.4. The summed E-state index contributed by atoms with van der Waals surface area (Å²) in [5.74, 6) is 0.727. The maximum Gasteiger partial charge on any atom is 0.211 e. The average Bonchev–Trinajstić information content (AvgIpc) is 2.34. The first-order chi connectivity index (χ1) is 8.68. The Labute approximate surface area is 116 Å². The number of ether oxygens (including phenoxy) is 1. The minimum Gasteiger partial charge on any atom is -0.496 e. The van der Waals surface area contributed by atoms with Crippen LogP contribution < -0.4 is 0 Å². The van der Waals surface area contributed by atoms with Crippen LogP contribution in [0.5, 0.6) is 0 Å². The molecule has 0 atom stereocenters. The summed E-state index contributed by atoms with van der Waals surface area (Å²) < 4.78 is 29.5. The van der Waals surface area contributed by atoms with Gasteiger partial charge in [0.25, 0.3) is 0 Å². The molecule has 0 aliphatic rings. The van der Waals surface area contributed by atoms with Gasteiger partial charge in [-0.25, -0.2) is 8.42 Å². The third kappa shape index (κ3) is 5.16. The van der Waals surface area contributed by atoms with Crippen LogP contribution in [0.25, 0.3) is 0 Å². The molecule has 0 aliphatic heterocycles. The largest absolute Gasteiger partial charge is 0.496 e. The first-order valence-electron chi connectivity index (χ1n) is 5.94. The first-order valence-corrected chi connectivity index (χ1v) is 7.79. The summed E-state index contributed by atoms with van der Waals surface area (Å²) in [7, 11) is 1.55. The van der Waals surface area contributed by atoms with Gasteiger partial charge >= 0.3 is 0 Å². The SMILES string of the molecule is C/C=C(C)\C(OC)=C(\C)C(CN(C)S(C)(=O)=O)=NC. The van der Waals surface area contributed by atoms with E-state index in [0.29, 0.717) is 5.71 Å². The van der Waals surface area contributed by atoms with E-state index in [4.69, 9.17) is 4.74 Å². The summed E-state index contributed by atoms with van der Waals surface area (Å²) in [5, 5.41) is 0. The second kappa shape index (κ2) is 7.45. The lowest BCUT2D eigenvalue weighted by Gasteiger charge is -2.18. The van der Waals surface area contributed by atoms with Gasteiger partial charge in [-0.3, -0.25) is 4.99 Å². The van der Waals surface area contributed by atoms with E-state index in [-0.39, 0.29) is 6.54 Å². The van der Waals surface area contributed by atoms with E-state index in [1.807, 2.05) is 26.8 Å². The lowest BCUT2D eigenvalue weighted by atomic mass is 10.1. The predicted molar refractivity (Wildman–Crippen MR) is 80.0 cm³/mol. The molecule has 110 valence electrons. The van der Waals surface area contributed by atoms with Crippen molar-refractivity contribution >= 4 is 15.7 Å². The van der Waals surface area contributed by atoms with Gasteiger partial charge in [0.1, 0.15) is 5.76 Å². The molecule has 0 rings (SSSR count). The summed E-state index contributed by atoms with van der Waals surface area (Å²) in [6.45, 7) is 5.97. The molecule has 19 heavy (non-hydrogen) atoms. The van der Waals surface area contributed by atoms with Crippen molar-refractivity contribution in [3.63, 3.8) is 0 Å². The van der Waals surface area contributed by atoms with Crippen LogP contribution in [0, 0.1) is 0 Å². The first kappa shape index (κ1) is 17.9. The fourth-order valence-corrected chi connectivity index (χ4v) is 1.91. The van der Waals surface area contributed by atoms with Gasteiger partial charge in [-0.1, -0.05) is 6.08 Å². The normalized spacial score (nSPS) is 15.6. The molecule has 0 saturated heterocycles. The molecule has 5 nitrogen and oxygen atoms in total. The van der Waals surface area contributed by atoms with Gasteiger partial charge in [0.05, 0.1) is 25.6 Å². The maximum absolute atomic E-state index is 11.4. The van der Waals surface area contributed by atoms with Crippen molar-refractivity contribution < 1.29 is 13.2 Å². The van der Waals surface area contributed by atoms with Crippen LogP contribution in [0.2, 0.25) is 0 Å². The molecule has 0 aromatic carbocycles. The van der Waals surface area contributed by atoms with Crippen molar-refractivity contribution in [2.45, 2.75) is 20.8 Å². The van der Waals surface area contributed by atoms with Gasteiger partial charge < -0.3 is 4.74 Å². The lowest BCUT2D eigenvalue weighted by Crippen LogP contribution is -2.32. The molecule has 0 aromatic rings. The van der Waals surface area contributed by atoms with E-state index < -0.39 is 10.0 Å². The minimum absolute atomic E-state index is 0.227. The fourth-order valence-electron chi connectivity index (χ4n) is 1.56. The van der Waals surface area contributed by atoms with Gasteiger partial charge in [-0.2, -0.15) is 4.31 Å². The number of hydrogen-bond acceptors (Lipinski definition) is 4. The van der Waals surface area contributed by atoms with Gasteiger partial charge in [0.2, 0.25) is 10.0 Å². The number of nitrogens with zero attached hydrogens (tertiary/aromatic N) is 2. The minimum atomic E-state index is -3.23. The van der Waals surface area contributed by atoms with E-state index in [1.54, 1.807) is 14.2 Å². The Kier molecular flexibility index (Phi) is 7.00. The second-order valence-corrected chi connectivity index (χ2v) is 6.41. The fraction of sp³-hybridized carbons (Fsp3) is 0.615. The Morgan fingerprint density at radius 3 is 2.21 bits per heavy atom. The number of hydrogen-bond donors (Lipinski definition) is 0. The third-order valence-corrected chi connectivity index (χ3v) is 4.24. The molecule has 0 aliphatic carbocycles. The number of aliphatic imine (C=N–C) groups is 1. The number of allylic oxidation sites excluding steroid dienone is 2. The quantitative estimate of drug-likeness (QED) is 0.426. The molecule has 0 radical (unpaired) electrons. The molecule has 0 unspecified atom stereocenters. The monoisotopic (exact) mass is 288 g/mol. The van der Waals surface area contributed by atoms with Crippen LogP contribution in [0.1, 0.15) is 20.8 Å². The molecule has 0 fully saturated rings. The lowest BCUT2D eigenvalue weighted by molar-refractivity contribution is 0.298. The van der Waals surface area contributed by atoms with Crippen LogP contribution in [-0.2, 0) is 14.8 Å². The smallest absolute Gasteiger partial charge is 0.211 e. The highest BCUT2D eigenvalue weighted by Gasteiger charge is 2.17. The topological polar surface area (TPSA) is 59.0 Å². The highest BCUT2D eigenvalue weighted by Crippen LogP contribution is 2.17. The van der Waals surface area contributed by atoms with E-state index >= 15 is 0 Å². The van der Waals surface area contributed by atoms with Crippen LogP contribution >= 0.6 is 0 Å². The Balaban J connectivity index is 5.45. The zero-order valence-electron chi connectivity index (χ0n) is 12.8. The van der Waals surface area contributed by atoms with E-state index in [2.05, 4.69) is 4.99 Å². The molecule has 0 bridgehead atoms. The Morgan fingerprint density at radius 2 is 1.89 bits per heavy atom. The molecule has 0 saturated carbocycles. The Hall–Kier alpha value is -1.14. The van der Waals surface area contributed by atoms with Gasteiger partial charge in [-0.05, 0) is 26.3 Å². The molecular weight excluding hydrogens is 264 g/mol. The van der Waals surface area contributed by atoms with Crippen molar-refractivity contribution in [3.8, 4) is 0 Å². The van der Waals surface area contributed by atoms with Crippen LogP contribution in [0.15, 0.2) is 28.0 Å². The summed E-state index contributed by atoms with van der Waals surface area (Å²) in [5.41, 5.74) is 2.52. The summed E-state index contributed by atoms with van der Waals surface area (Å²) in [6, 6.07) is 0. The highest BCUT2D eigenvalue weighted by atomic mass is 32.2. The van der Waals surface area contributed by atoms with Crippen LogP contribution in [-0.4, -0.2) is 52.4 Å². The molecular formula is C13H24N2O3S. The summed E-state index contributed by atoms with van der Waals surface area (Å²) in [4.78, 5) is 4.17. The number of rotatable bonds is 6. The van der Waals surface area contributed by atoms with E-state index in [9.17, 15) is 8.42 Å². The zero-order chi connectivity index (χ0) is 15.2. The number of methoxy groups -OCH3 is 1. The molecule has 0 spiro atoms. The predicted octanol–water partition coefficient (Wildman–Crippen LogP) is 1.84. The van der Waals surface area contributed by atoms with Crippen molar-refractivity contribution in [3.05, 3.63) is 23.0 Å². The van der Waals surface area contributed by atoms with Crippen molar-refractivity contribution in [1.82, 2.24) is 4.31 Å². The summed E-state index contributed by atoms with van der Waals surface area (Å²) >= 11 is 0. The van der Waals surface area contributed by atoms with Crippen LogP contribution in [0.3, 0.4) is 0 Å². The molecule has 0 aromatic heterocycles. The third-order valence-electron chi connectivity index (χ3n) is 2.98. The summed E-state index contributed by atoms with van der Waals surface area (Å²) in [6.07, 6.45) is 3.11. The Bertz CT molecular complexity index is 502. The standard InChI is InChI=1S/C13H24N2O3S/c1-8-10(2)13(18-6)11(3)12(14-4)9-15(5)19(7,16)17/h8H,9H2,1-7H3/b10-8-,13-11+,14-12?. The van der Waals surface area contributed by atoms with Crippen molar-refractivity contribution in [1.29, 1.82) is 0 Å². The van der Waals surface area contributed by atoms with Gasteiger partial charge in [0, 0.05) is 19.7 Å². The molecule has 0 heterocycles. The van der Waals surface area contributed by atoms with E-state index in [1.165, 1.54) is 17.6 Å². The van der Waals surface area contributed by atoms with Crippen molar-refractivity contribution in [2.24, 2.45) is 4.99 Å². The van der Waals surface area contributed by atoms with Gasteiger partial charge in [-0.15, -0.1) is 0 Å². The van der Waals surface area contributed by atoms with Crippen molar-refractivity contribution in [2.75, 3.05) is 34.0 Å². The zero-order valence-corrected chi connectivity index (χ0v) is 13.6. The van der Waals surface area contributed by atoms with Crippen LogP contribution in [0.4, 0.5) is 0 Å². The highest BCUT2D eigenvalue weighted by molar-refractivity contribution is 7.88. The molecule has 0 N–H and O–H groups in total. The molecule has 0 amide bonds. The van der Waals surface area contributed by atoms with Gasteiger partial charge in [0.15, 0.2) is 0 Å². The number of sulfonamides is 1.